The lowest BCUT2D eigenvalue weighted by Gasteiger charge is -2.12. The molecular weight excluding hydrogens is 205 g/mol. The number of phenolic OH excluding ortho intramolecular Hbond substituents is 1. The first kappa shape index (κ1) is 11.3. The predicted octanol–water partition coefficient (Wildman–Crippen LogP) is 2.36. The van der Waals surface area contributed by atoms with Crippen LogP contribution in [0.3, 0.4) is 0 Å². The van der Waals surface area contributed by atoms with Crippen molar-refractivity contribution in [3.63, 3.8) is 0 Å². The molecular formula is C10H13ClFNO. The number of nitrogens with two attached hydrogens (primary N) is 1. The molecule has 1 saturated carbocycles. The molecule has 0 aromatic heterocycles. The van der Waals surface area contributed by atoms with Gasteiger partial charge in [0.05, 0.1) is 0 Å². The van der Waals surface area contributed by atoms with Crippen LogP contribution >= 0.6 is 12.4 Å². The third-order valence-electron chi connectivity index (χ3n) is 2.48. The van der Waals surface area contributed by atoms with Crippen LogP contribution in [0.4, 0.5) is 4.39 Å². The minimum atomic E-state index is -0.344. The summed E-state index contributed by atoms with van der Waals surface area (Å²) in [4.78, 5) is 0. The van der Waals surface area contributed by atoms with Gasteiger partial charge < -0.3 is 10.8 Å². The third-order valence-corrected chi connectivity index (χ3v) is 2.48. The van der Waals surface area contributed by atoms with Crippen molar-refractivity contribution in [2.45, 2.75) is 18.9 Å². The molecule has 1 aliphatic rings. The van der Waals surface area contributed by atoms with Gasteiger partial charge in [0, 0.05) is 11.6 Å². The van der Waals surface area contributed by atoms with Crippen LogP contribution in [0, 0.1) is 11.7 Å². The molecule has 14 heavy (non-hydrogen) atoms. The van der Waals surface area contributed by atoms with Gasteiger partial charge in [0.15, 0.2) is 0 Å². The maximum absolute atomic E-state index is 12.8. The summed E-state index contributed by atoms with van der Waals surface area (Å²) in [5.41, 5.74) is 6.37. The highest BCUT2D eigenvalue weighted by Crippen LogP contribution is 2.41. The zero-order valence-electron chi connectivity index (χ0n) is 7.61. The van der Waals surface area contributed by atoms with Gasteiger partial charge in [-0.15, -0.1) is 12.4 Å². The summed E-state index contributed by atoms with van der Waals surface area (Å²) in [6, 6.07) is 3.69. The van der Waals surface area contributed by atoms with E-state index in [-0.39, 0.29) is 30.0 Å². The standard InChI is InChI=1S/C10H12FNO.ClH/c11-7-3-4-9(13)8(5-7)10(12)6-1-2-6;/h3-6,10,13H,1-2,12H2;1H/t10-;/m1./s1. The van der Waals surface area contributed by atoms with Crippen molar-refractivity contribution in [2.75, 3.05) is 0 Å². The molecule has 2 rings (SSSR count). The average molecular weight is 218 g/mol. The molecule has 1 aromatic carbocycles. The SMILES string of the molecule is Cl.N[C@@H](c1cc(F)ccc1O)C1CC1. The smallest absolute Gasteiger partial charge is 0.123 e. The van der Waals surface area contributed by atoms with E-state index in [1.165, 1.54) is 18.2 Å². The number of rotatable bonds is 2. The third kappa shape index (κ3) is 2.16. The Kier molecular flexibility index (Phi) is 3.34. The van der Waals surface area contributed by atoms with Crippen LogP contribution in [0.5, 0.6) is 5.75 Å². The molecule has 1 aromatic rings. The minimum Gasteiger partial charge on any atom is -0.508 e. The van der Waals surface area contributed by atoms with Gasteiger partial charge in [-0.2, -0.15) is 0 Å². The van der Waals surface area contributed by atoms with E-state index in [4.69, 9.17) is 5.73 Å². The monoisotopic (exact) mass is 217 g/mol. The molecule has 3 N–H and O–H groups in total. The molecule has 2 nitrogen and oxygen atoms in total. The first-order valence-corrected chi connectivity index (χ1v) is 4.42. The van der Waals surface area contributed by atoms with Crippen LogP contribution in [-0.2, 0) is 0 Å². The molecule has 0 saturated heterocycles. The summed E-state index contributed by atoms with van der Waals surface area (Å²) in [5.74, 6) is 0.178. The number of hydrogen-bond acceptors (Lipinski definition) is 2. The quantitative estimate of drug-likeness (QED) is 0.799. The molecule has 78 valence electrons. The Labute approximate surface area is 88.3 Å². The van der Waals surface area contributed by atoms with Crippen LogP contribution in [-0.4, -0.2) is 5.11 Å². The van der Waals surface area contributed by atoms with Crippen LogP contribution in [0.2, 0.25) is 0 Å². The van der Waals surface area contributed by atoms with Gasteiger partial charge in [-0.05, 0) is 37.0 Å². The van der Waals surface area contributed by atoms with Gasteiger partial charge >= 0.3 is 0 Å². The number of halogens is 2. The lowest BCUT2D eigenvalue weighted by atomic mass is 10.0. The Morgan fingerprint density at radius 1 is 1.43 bits per heavy atom. The molecule has 0 radical (unpaired) electrons. The molecule has 0 amide bonds. The molecule has 1 fully saturated rings. The van der Waals surface area contributed by atoms with Crippen LogP contribution in [0.1, 0.15) is 24.4 Å². The van der Waals surface area contributed by atoms with E-state index in [1.54, 1.807) is 0 Å². The summed E-state index contributed by atoms with van der Waals surface area (Å²) in [6.45, 7) is 0. The van der Waals surface area contributed by atoms with Crippen molar-refractivity contribution in [3.05, 3.63) is 29.6 Å². The highest BCUT2D eigenvalue weighted by molar-refractivity contribution is 5.85. The zero-order chi connectivity index (χ0) is 9.42. The van der Waals surface area contributed by atoms with Gasteiger partial charge in [0.1, 0.15) is 11.6 Å². The lowest BCUT2D eigenvalue weighted by Crippen LogP contribution is -2.12. The molecule has 4 heteroatoms. The van der Waals surface area contributed by atoms with Gasteiger partial charge in [0.2, 0.25) is 0 Å². The van der Waals surface area contributed by atoms with Gasteiger partial charge in [-0.25, -0.2) is 4.39 Å². The van der Waals surface area contributed by atoms with E-state index in [0.717, 1.165) is 12.8 Å². The maximum atomic E-state index is 12.8. The van der Waals surface area contributed by atoms with E-state index < -0.39 is 0 Å². The van der Waals surface area contributed by atoms with E-state index in [0.29, 0.717) is 11.5 Å². The Morgan fingerprint density at radius 3 is 2.64 bits per heavy atom. The minimum absolute atomic E-state index is 0. The fourth-order valence-electron chi connectivity index (χ4n) is 1.50. The lowest BCUT2D eigenvalue weighted by molar-refractivity contribution is 0.453. The fourth-order valence-corrected chi connectivity index (χ4v) is 1.50. The molecule has 0 bridgehead atoms. The Morgan fingerprint density at radius 2 is 2.07 bits per heavy atom. The molecule has 0 aliphatic heterocycles. The van der Waals surface area contributed by atoms with Crippen molar-refractivity contribution < 1.29 is 9.50 Å². The average Bonchev–Trinajstić information content (AvgIpc) is 2.91. The summed E-state index contributed by atoms with van der Waals surface area (Å²) < 4.78 is 12.8. The van der Waals surface area contributed by atoms with Gasteiger partial charge in [0.25, 0.3) is 0 Å². The Bertz CT molecular complexity index is 328. The summed E-state index contributed by atoms with van der Waals surface area (Å²) in [5, 5.41) is 9.44. The molecule has 1 aliphatic carbocycles. The second-order valence-corrected chi connectivity index (χ2v) is 3.57. The van der Waals surface area contributed by atoms with Crippen molar-refractivity contribution in [1.82, 2.24) is 0 Å². The van der Waals surface area contributed by atoms with Crippen molar-refractivity contribution >= 4 is 12.4 Å². The normalized spacial score (nSPS) is 17.3. The largest absolute Gasteiger partial charge is 0.508 e. The highest BCUT2D eigenvalue weighted by Gasteiger charge is 2.31. The molecule has 1 atom stereocenters. The molecule has 0 heterocycles. The van der Waals surface area contributed by atoms with Crippen LogP contribution in [0.15, 0.2) is 18.2 Å². The Hall–Kier alpha value is -0.800. The summed E-state index contributed by atoms with van der Waals surface area (Å²) in [6.07, 6.45) is 2.16. The second-order valence-electron chi connectivity index (χ2n) is 3.57. The number of aromatic hydroxyl groups is 1. The van der Waals surface area contributed by atoms with Crippen molar-refractivity contribution in [3.8, 4) is 5.75 Å². The van der Waals surface area contributed by atoms with E-state index >= 15 is 0 Å². The molecule has 0 unspecified atom stereocenters. The number of hydrogen-bond donors (Lipinski definition) is 2. The van der Waals surface area contributed by atoms with E-state index in [1.807, 2.05) is 0 Å². The van der Waals surface area contributed by atoms with Crippen LogP contribution < -0.4 is 5.73 Å². The number of benzene rings is 1. The first-order valence-electron chi connectivity index (χ1n) is 4.42. The summed E-state index contributed by atoms with van der Waals surface area (Å²) in [7, 11) is 0. The van der Waals surface area contributed by atoms with Gasteiger partial charge in [-0.3, -0.25) is 0 Å². The van der Waals surface area contributed by atoms with Gasteiger partial charge in [-0.1, -0.05) is 0 Å². The van der Waals surface area contributed by atoms with E-state index in [2.05, 4.69) is 0 Å². The van der Waals surface area contributed by atoms with Crippen LogP contribution in [0.25, 0.3) is 0 Å². The molecule has 0 spiro atoms. The first-order chi connectivity index (χ1) is 6.18. The number of phenols is 1. The second kappa shape index (κ2) is 4.15. The predicted molar refractivity (Wildman–Crippen MR) is 55.0 cm³/mol. The highest BCUT2D eigenvalue weighted by atomic mass is 35.5. The Balaban J connectivity index is 0.000000980. The maximum Gasteiger partial charge on any atom is 0.123 e. The van der Waals surface area contributed by atoms with Crippen molar-refractivity contribution in [2.24, 2.45) is 11.7 Å². The fraction of sp³-hybridized carbons (Fsp3) is 0.400. The topological polar surface area (TPSA) is 46.2 Å². The summed E-state index contributed by atoms with van der Waals surface area (Å²) >= 11 is 0. The van der Waals surface area contributed by atoms with Crippen molar-refractivity contribution in [1.29, 1.82) is 0 Å². The van der Waals surface area contributed by atoms with E-state index in [9.17, 15) is 9.50 Å². The zero-order valence-corrected chi connectivity index (χ0v) is 8.43.